The quantitative estimate of drug-likeness (QED) is 0.522. The summed E-state index contributed by atoms with van der Waals surface area (Å²) in [6.45, 7) is 5.00. The van der Waals surface area contributed by atoms with Gasteiger partial charge in [-0.1, -0.05) is 24.9 Å². The van der Waals surface area contributed by atoms with Crippen LogP contribution in [0.3, 0.4) is 0 Å². The van der Waals surface area contributed by atoms with E-state index in [0.717, 1.165) is 49.3 Å². The van der Waals surface area contributed by atoms with Crippen LogP contribution in [0.4, 0.5) is 17.1 Å². The Balaban J connectivity index is 1.73. The Morgan fingerprint density at radius 1 is 1.10 bits per heavy atom. The van der Waals surface area contributed by atoms with E-state index in [1.54, 1.807) is 18.2 Å². The van der Waals surface area contributed by atoms with Gasteiger partial charge in [-0.2, -0.15) is 0 Å². The van der Waals surface area contributed by atoms with Crippen molar-refractivity contribution in [2.24, 2.45) is 0 Å². The van der Waals surface area contributed by atoms with Crippen molar-refractivity contribution < 1.29 is 14.8 Å². The Labute approximate surface area is 174 Å². The topological polar surface area (TPSA) is 86.9 Å². The van der Waals surface area contributed by atoms with E-state index >= 15 is 0 Å². The number of carboxylic acid groups (broad SMARTS) is 1. The van der Waals surface area contributed by atoms with Crippen LogP contribution in [0, 0.1) is 10.1 Å². The summed E-state index contributed by atoms with van der Waals surface area (Å²) in [5, 5.41) is 20.7. The first kappa shape index (κ1) is 20.9. The van der Waals surface area contributed by atoms with Gasteiger partial charge in [-0.15, -0.1) is 0 Å². The summed E-state index contributed by atoms with van der Waals surface area (Å²) in [5.74, 6) is -0.892. The lowest BCUT2D eigenvalue weighted by Gasteiger charge is -2.37. The predicted molar refractivity (Wildman–Crippen MR) is 115 cm³/mol. The zero-order valence-electron chi connectivity index (χ0n) is 16.3. The molecule has 1 heterocycles. The third-order valence-corrected chi connectivity index (χ3v) is 5.57. The summed E-state index contributed by atoms with van der Waals surface area (Å²) in [6.07, 6.45) is 2.71. The molecule has 0 aromatic heterocycles. The molecule has 3 rings (SSSR count). The fourth-order valence-corrected chi connectivity index (χ4v) is 3.81. The third kappa shape index (κ3) is 4.79. The maximum Gasteiger partial charge on any atom is 0.335 e. The van der Waals surface area contributed by atoms with E-state index < -0.39 is 10.9 Å². The molecule has 1 aliphatic heterocycles. The van der Waals surface area contributed by atoms with Gasteiger partial charge in [0.15, 0.2) is 0 Å². The molecule has 8 heteroatoms. The van der Waals surface area contributed by atoms with Gasteiger partial charge in [-0.3, -0.25) is 10.1 Å². The van der Waals surface area contributed by atoms with Crippen LogP contribution in [-0.4, -0.2) is 42.2 Å². The molecular weight excluding hydrogens is 394 g/mol. The van der Waals surface area contributed by atoms with Gasteiger partial charge in [0.1, 0.15) is 5.02 Å². The number of nitrogens with zero attached hydrogens (tertiary/aromatic N) is 3. The molecule has 7 nitrogen and oxygen atoms in total. The summed E-state index contributed by atoms with van der Waals surface area (Å²) >= 11 is 5.91. The molecule has 0 radical (unpaired) electrons. The van der Waals surface area contributed by atoms with Gasteiger partial charge >= 0.3 is 5.97 Å². The van der Waals surface area contributed by atoms with Gasteiger partial charge in [-0.05, 0) is 48.7 Å². The van der Waals surface area contributed by atoms with Gasteiger partial charge in [0.25, 0.3) is 5.69 Å². The van der Waals surface area contributed by atoms with Crippen molar-refractivity contribution in [3.63, 3.8) is 0 Å². The van der Waals surface area contributed by atoms with Crippen molar-refractivity contribution >= 4 is 34.6 Å². The highest BCUT2D eigenvalue weighted by Crippen LogP contribution is 2.30. The first-order chi connectivity index (χ1) is 13.9. The van der Waals surface area contributed by atoms with Crippen molar-refractivity contribution in [1.82, 2.24) is 0 Å². The minimum Gasteiger partial charge on any atom is -0.478 e. The smallest absolute Gasteiger partial charge is 0.335 e. The molecule has 1 fully saturated rings. The average Bonchev–Trinajstić information content (AvgIpc) is 2.72. The lowest BCUT2D eigenvalue weighted by Crippen LogP contribution is -2.46. The highest BCUT2D eigenvalue weighted by atomic mass is 35.5. The molecule has 0 aliphatic carbocycles. The highest BCUT2D eigenvalue weighted by molar-refractivity contribution is 6.32. The number of unbranched alkanes of at least 4 members (excludes halogenated alkanes) is 1. The number of benzene rings is 2. The van der Waals surface area contributed by atoms with Crippen molar-refractivity contribution in [3.05, 3.63) is 62.7 Å². The molecule has 2 aromatic carbocycles. The fraction of sp³-hybridized carbons (Fsp3) is 0.381. The number of nitro groups is 1. The van der Waals surface area contributed by atoms with Crippen molar-refractivity contribution in [2.75, 3.05) is 36.0 Å². The van der Waals surface area contributed by atoms with Gasteiger partial charge < -0.3 is 14.9 Å². The summed E-state index contributed by atoms with van der Waals surface area (Å²) in [5.41, 5.74) is 2.95. The number of anilines is 2. The summed E-state index contributed by atoms with van der Waals surface area (Å²) < 4.78 is 0. The number of carboxylic acids is 1. The summed E-state index contributed by atoms with van der Waals surface area (Å²) in [6, 6.07) is 10.4. The van der Waals surface area contributed by atoms with E-state index in [-0.39, 0.29) is 10.7 Å². The van der Waals surface area contributed by atoms with Gasteiger partial charge in [0.05, 0.1) is 10.5 Å². The maximum atomic E-state index is 11.5. The minimum atomic E-state index is -0.892. The van der Waals surface area contributed by atoms with Crippen LogP contribution in [0.15, 0.2) is 36.4 Å². The molecule has 1 aliphatic rings. The number of hydrogen-bond acceptors (Lipinski definition) is 5. The van der Waals surface area contributed by atoms with Crippen LogP contribution in [0.25, 0.3) is 0 Å². The molecule has 0 bridgehead atoms. The Hall–Kier alpha value is -2.80. The number of aromatic carboxylic acids is 1. The predicted octanol–water partition coefficient (Wildman–Crippen LogP) is 4.62. The standard InChI is InChI=1S/C21H24ClN3O4/c1-2-3-4-15-13-16(5-7-18(15)21(26)27)23-9-11-24(12-10-23)17-6-8-19(22)20(14-17)25(28)29/h5-8,13-14H,2-4,9-12H2,1H3,(H,26,27). The number of rotatable bonds is 7. The Bertz CT molecular complexity index is 911. The average molecular weight is 418 g/mol. The van der Waals surface area contributed by atoms with Crippen LogP contribution in [-0.2, 0) is 6.42 Å². The van der Waals surface area contributed by atoms with E-state index in [1.165, 1.54) is 6.07 Å². The molecule has 0 unspecified atom stereocenters. The lowest BCUT2D eigenvalue weighted by molar-refractivity contribution is -0.384. The summed E-state index contributed by atoms with van der Waals surface area (Å²) in [7, 11) is 0. The van der Waals surface area contributed by atoms with E-state index in [1.807, 2.05) is 12.1 Å². The Kier molecular flexibility index (Phi) is 6.59. The molecule has 0 spiro atoms. The number of halogens is 1. The van der Waals surface area contributed by atoms with Gasteiger partial charge in [0.2, 0.25) is 0 Å². The SMILES string of the molecule is CCCCc1cc(N2CCN(c3ccc(Cl)c([N+](=O)[O-])c3)CC2)ccc1C(=O)O. The number of carbonyl (C=O) groups is 1. The molecule has 1 saturated heterocycles. The van der Waals surface area contributed by atoms with Gasteiger partial charge in [-0.25, -0.2) is 4.79 Å². The van der Waals surface area contributed by atoms with E-state index in [4.69, 9.17) is 11.6 Å². The van der Waals surface area contributed by atoms with E-state index in [0.29, 0.717) is 18.7 Å². The van der Waals surface area contributed by atoms with Crippen LogP contribution in [0.2, 0.25) is 5.02 Å². The lowest BCUT2D eigenvalue weighted by atomic mass is 10.0. The van der Waals surface area contributed by atoms with Crippen molar-refractivity contribution in [2.45, 2.75) is 26.2 Å². The number of piperazine rings is 1. The Morgan fingerprint density at radius 2 is 1.69 bits per heavy atom. The summed E-state index contributed by atoms with van der Waals surface area (Å²) in [4.78, 5) is 26.5. The number of hydrogen-bond donors (Lipinski definition) is 1. The zero-order chi connectivity index (χ0) is 21.0. The monoisotopic (exact) mass is 417 g/mol. The molecular formula is C21H24ClN3O4. The molecule has 2 aromatic rings. The minimum absolute atomic E-state index is 0.0866. The van der Waals surface area contributed by atoms with Crippen LogP contribution < -0.4 is 9.80 Å². The second kappa shape index (κ2) is 9.13. The first-order valence-electron chi connectivity index (χ1n) is 9.70. The van der Waals surface area contributed by atoms with Crippen molar-refractivity contribution in [1.29, 1.82) is 0 Å². The largest absolute Gasteiger partial charge is 0.478 e. The zero-order valence-corrected chi connectivity index (χ0v) is 17.1. The molecule has 29 heavy (non-hydrogen) atoms. The van der Waals surface area contributed by atoms with E-state index in [9.17, 15) is 20.0 Å². The van der Waals surface area contributed by atoms with Crippen LogP contribution in [0.5, 0.6) is 0 Å². The second-order valence-corrected chi connectivity index (χ2v) is 7.52. The van der Waals surface area contributed by atoms with E-state index in [2.05, 4.69) is 16.7 Å². The Morgan fingerprint density at radius 3 is 2.24 bits per heavy atom. The molecule has 154 valence electrons. The maximum absolute atomic E-state index is 11.5. The number of nitro benzene ring substituents is 1. The highest BCUT2D eigenvalue weighted by Gasteiger charge is 2.22. The van der Waals surface area contributed by atoms with Gasteiger partial charge in [0, 0.05) is 43.6 Å². The molecule has 0 saturated carbocycles. The number of aryl methyl sites for hydroxylation is 1. The van der Waals surface area contributed by atoms with Crippen molar-refractivity contribution in [3.8, 4) is 0 Å². The normalized spacial score (nSPS) is 14.1. The second-order valence-electron chi connectivity index (χ2n) is 7.12. The van der Waals surface area contributed by atoms with Crippen LogP contribution in [0.1, 0.15) is 35.7 Å². The van der Waals surface area contributed by atoms with Crippen LogP contribution >= 0.6 is 11.6 Å². The molecule has 0 atom stereocenters. The third-order valence-electron chi connectivity index (χ3n) is 5.26. The first-order valence-corrected chi connectivity index (χ1v) is 10.1. The molecule has 0 amide bonds. The molecule has 1 N–H and O–H groups in total. The fourth-order valence-electron chi connectivity index (χ4n) is 3.62.